The average Bonchev–Trinajstić information content (AvgIpc) is 2.85. The lowest BCUT2D eigenvalue weighted by atomic mass is 10.2. The van der Waals surface area contributed by atoms with Crippen LogP contribution < -0.4 is 26.0 Å². The largest absolute Gasteiger partial charge is 0.493 e. The van der Waals surface area contributed by atoms with Crippen molar-refractivity contribution in [3.63, 3.8) is 0 Å². The molecule has 34 heavy (non-hydrogen) atoms. The number of hydrogen-bond donors (Lipinski definition) is 1. The van der Waals surface area contributed by atoms with Gasteiger partial charge in [-0.3, -0.25) is 18.7 Å². The van der Waals surface area contributed by atoms with Crippen molar-refractivity contribution in [3.8, 4) is 11.5 Å². The number of benzene rings is 2. The third kappa shape index (κ3) is 4.48. The van der Waals surface area contributed by atoms with Gasteiger partial charge in [-0.1, -0.05) is 29.8 Å². The maximum Gasteiger partial charge on any atom is 0.333 e. The molecule has 0 aliphatic rings. The lowest BCUT2D eigenvalue weighted by Crippen LogP contribution is -2.42. The fraction of sp³-hybridized carbons (Fsp3) is 0.174. The molecule has 2 aromatic heterocycles. The summed E-state index contributed by atoms with van der Waals surface area (Å²) in [6.07, 6.45) is 2.70. The van der Waals surface area contributed by atoms with Crippen LogP contribution in [0.5, 0.6) is 11.5 Å². The minimum atomic E-state index is -0.708. The number of carbonyl (C=O) groups is 1. The molecule has 0 saturated heterocycles. The molecule has 0 aliphatic carbocycles. The topological polar surface area (TPSA) is 117 Å². The number of carbonyl (C=O) groups excluding carboxylic acids is 1. The Morgan fingerprint density at radius 3 is 2.47 bits per heavy atom. The van der Waals surface area contributed by atoms with Gasteiger partial charge in [0.15, 0.2) is 22.7 Å². The minimum Gasteiger partial charge on any atom is -0.493 e. The van der Waals surface area contributed by atoms with Crippen molar-refractivity contribution in [2.45, 2.75) is 13.1 Å². The van der Waals surface area contributed by atoms with E-state index in [1.807, 2.05) is 0 Å². The van der Waals surface area contributed by atoms with Crippen molar-refractivity contribution in [3.05, 3.63) is 86.3 Å². The summed E-state index contributed by atoms with van der Waals surface area (Å²) in [5, 5.41) is 3.12. The molecular weight excluding hydrogens is 462 g/mol. The standard InChI is InChI=1S/C23H20ClN5O5/c1-33-17-8-7-15(11-18(17)34-2)27-19(30)13-28-21-20(25-9-10-26-21)22(31)29(23(28)32)12-14-5-3-4-6-16(14)24/h3-11H,12-13H2,1-2H3,(H,27,30). The molecule has 1 amide bonds. The first-order valence-corrected chi connectivity index (χ1v) is 10.5. The highest BCUT2D eigenvalue weighted by Crippen LogP contribution is 2.29. The predicted molar refractivity (Wildman–Crippen MR) is 127 cm³/mol. The van der Waals surface area contributed by atoms with Gasteiger partial charge < -0.3 is 14.8 Å². The number of hydrogen-bond acceptors (Lipinski definition) is 7. The lowest BCUT2D eigenvalue weighted by Gasteiger charge is -2.14. The fourth-order valence-corrected chi connectivity index (χ4v) is 3.66. The Hall–Kier alpha value is -4.18. The summed E-state index contributed by atoms with van der Waals surface area (Å²) in [6.45, 7) is -0.480. The van der Waals surface area contributed by atoms with Crippen molar-refractivity contribution in [1.82, 2.24) is 19.1 Å². The van der Waals surface area contributed by atoms with Gasteiger partial charge in [0.2, 0.25) is 5.91 Å². The molecule has 10 nitrogen and oxygen atoms in total. The normalized spacial score (nSPS) is 10.8. The zero-order chi connectivity index (χ0) is 24.2. The Balaban J connectivity index is 1.72. The van der Waals surface area contributed by atoms with Crippen molar-refractivity contribution < 1.29 is 14.3 Å². The summed E-state index contributed by atoms with van der Waals surface area (Å²) >= 11 is 6.22. The van der Waals surface area contributed by atoms with Crippen molar-refractivity contribution in [2.75, 3.05) is 19.5 Å². The molecule has 2 heterocycles. The Kier molecular flexibility index (Phi) is 6.60. The summed E-state index contributed by atoms with van der Waals surface area (Å²) in [7, 11) is 2.99. The van der Waals surface area contributed by atoms with Crippen LogP contribution in [0.25, 0.3) is 11.2 Å². The summed E-state index contributed by atoms with van der Waals surface area (Å²) in [4.78, 5) is 47.3. The lowest BCUT2D eigenvalue weighted by molar-refractivity contribution is -0.116. The molecule has 11 heteroatoms. The molecule has 0 aliphatic heterocycles. The Morgan fingerprint density at radius 1 is 1.00 bits per heavy atom. The second-order valence-electron chi connectivity index (χ2n) is 7.20. The third-order valence-corrected chi connectivity index (χ3v) is 5.47. The Labute approximate surface area is 198 Å². The molecule has 4 aromatic rings. The maximum absolute atomic E-state index is 13.3. The third-order valence-electron chi connectivity index (χ3n) is 5.10. The first-order valence-electron chi connectivity index (χ1n) is 10.1. The molecular formula is C23H20ClN5O5. The molecule has 0 radical (unpaired) electrons. The van der Waals surface area contributed by atoms with Gasteiger partial charge in [-0.05, 0) is 23.8 Å². The van der Waals surface area contributed by atoms with E-state index in [1.54, 1.807) is 42.5 Å². The summed E-state index contributed by atoms with van der Waals surface area (Å²) in [5.74, 6) is 0.427. The van der Waals surface area contributed by atoms with Crippen LogP contribution in [-0.4, -0.2) is 39.2 Å². The van der Waals surface area contributed by atoms with Crippen LogP contribution in [-0.2, 0) is 17.9 Å². The molecule has 0 spiro atoms. The van der Waals surface area contributed by atoms with E-state index in [1.165, 1.54) is 26.6 Å². The molecule has 0 saturated carbocycles. The maximum atomic E-state index is 13.3. The van der Waals surface area contributed by atoms with E-state index < -0.39 is 23.7 Å². The molecule has 0 bridgehead atoms. The second-order valence-corrected chi connectivity index (χ2v) is 7.61. The van der Waals surface area contributed by atoms with Crippen LogP contribution in [0, 0.1) is 0 Å². The van der Waals surface area contributed by atoms with Gasteiger partial charge in [-0.15, -0.1) is 0 Å². The van der Waals surface area contributed by atoms with E-state index in [9.17, 15) is 14.4 Å². The average molecular weight is 482 g/mol. The van der Waals surface area contributed by atoms with E-state index in [0.29, 0.717) is 27.8 Å². The summed E-state index contributed by atoms with van der Waals surface area (Å²) < 4.78 is 12.5. The van der Waals surface area contributed by atoms with Crippen LogP contribution in [0.3, 0.4) is 0 Å². The highest BCUT2D eigenvalue weighted by molar-refractivity contribution is 6.31. The second kappa shape index (κ2) is 9.75. The van der Waals surface area contributed by atoms with Gasteiger partial charge in [0.05, 0.1) is 20.8 Å². The monoisotopic (exact) mass is 481 g/mol. The predicted octanol–water partition coefficient (Wildman–Crippen LogP) is 2.31. The first kappa shape index (κ1) is 23.0. The zero-order valence-corrected chi connectivity index (χ0v) is 19.1. The van der Waals surface area contributed by atoms with Gasteiger partial charge in [-0.25, -0.2) is 14.8 Å². The number of nitrogens with one attached hydrogen (secondary N) is 1. The van der Waals surface area contributed by atoms with Gasteiger partial charge in [-0.2, -0.15) is 0 Å². The number of nitrogens with zero attached hydrogens (tertiary/aromatic N) is 4. The Bertz CT molecular complexity index is 1500. The van der Waals surface area contributed by atoms with E-state index in [-0.39, 0.29) is 17.7 Å². The van der Waals surface area contributed by atoms with Gasteiger partial charge >= 0.3 is 5.69 Å². The molecule has 0 atom stereocenters. The number of anilines is 1. The number of halogens is 1. The minimum absolute atomic E-state index is 0.00960. The van der Waals surface area contributed by atoms with E-state index in [2.05, 4.69) is 15.3 Å². The highest BCUT2D eigenvalue weighted by Gasteiger charge is 2.18. The van der Waals surface area contributed by atoms with Crippen LogP contribution in [0.15, 0.2) is 64.4 Å². The summed E-state index contributed by atoms with van der Waals surface area (Å²) in [5.41, 5.74) is -0.336. The van der Waals surface area contributed by atoms with Crippen molar-refractivity contribution >= 4 is 34.4 Å². The Morgan fingerprint density at radius 2 is 1.74 bits per heavy atom. The number of methoxy groups -OCH3 is 2. The van der Waals surface area contributed by atoms with E-state index in [4.69, 9.17) is 21.1 Å². The number of fused-ring (bicyclic) bond motifs is 1. The van der Waals surface area contributed by atoms with Crippen LogP contribution in [0.1, 0.15) is 5.56 Å². The number of rotatable bonds is 7. The van der Waals surface area contributed by atoms with Gasteiger partial charge in [0.25, 0.3) is 5.56 Å². The molecule has 2 aromatic carbocycles. The molecule has 0 unspecified atom stereocenters. The van der Waals surface area contributed by atoms with Crippen molar-refractivity contribution in [2.24, 2.45) is 0 Å². The van der Waals surface area contributed by atoms with Crippen LogP contribution in [0.2, 0.25) is 5.02 Å². The fourth-order valence-electron chi connectivity index (χ4n) is 3.47. The zero-order valence-electron chi connectivity index (χ0n) is 18.3. The quantitative estimate of drug-likeness (QED) is 0.430. The van der Waals surface area contributed by atoms with Crippen LogP contribution >= 0.6 is 11.6 Å². The molecule has 4 rings (SSSR count). The van der Waals surface area contributed by atoms with Gasteiger partial charge in [0, 0.05) is 29.2 Å². The van der Waals surface area contributed by atoms with E-state index >= 15 is 0 Å². The van der Waals surface area contributed by atoms with Crippen LogP contribution in [0.4, 0.5) is 5.69 Å². The number of aromatic nitrogens is 4. The molecule has 1 N–H and O–H groups in total. The number of ether oxygens (including phenoxy) is 2. The molecule has 0 fully saturated rings. The molecule has 174 valence electrons. The SMILES string of the molecule is COc1ccc(NC(=O)Cn2c(=O)n(Cc3ccccc3Cl)c(=O)c3nccnc32)cc1OC. The van der Waals surface area contributed by atoms with Crippen molar-refractivity contribution in [1.29, 1.82) is 0 Å². The smallest absolute Gasteiger partial charge is 0.333 e. The van der Waals surface area contributed by atoms with E-state index in [0.717, 1.165) is 9.13 Å². The highest BCUT2D eigenvalue weighted by atomic mass is 35.5. The van der Waals surface area contributed by atoms with Gasteiger partial charge in [0.1, 0.15) is 6.54 Å². The first-order chi connectivity index (χ1) is 16.4. The number of amides is 1. The summed E-state index contributed by atoms with van der Waals surface area (Å²) in [6, 6.07) is 11.7.